The molecule has 0 saturated carbocycles. The summed E-state index contributed by atoms with van der Waals surface area (Å²) in [5.74, 6) is 0.835. The van der Waals surface area contributed by atoms with Crippen molar-refractivity contribution in [2.24, 2.45) is 0 Å². The lowest BCUT2D eigenvalue weighted by Gasteiger charge is -2.43. The Morgan fingerprint density at radius 3 is 1.97 bits per heavy atom. The average Bonchev–Trinajstić information content (AvgIpc) is 2.74. The average molecular weight is 448 g/mol. The van der Waals surface area contributed by atoms with Crippen LogP contribution in [0.2, 0.25) is 0 Å². The third-order valence-corrected chi connectivity index (χ3v) is 5.82. The maximum Gasteiger partial charge on any atom is 0.198 e. The van der Waals surface area contributed by atoms with Crippen LogP contribution in [0.1, 0.15) is 78.7 Å². The topological polar surface area (TPSA) is 21.7 Å². The minimum absolute atomic E-state index is 0. The zero-order chi connectivity index (χ0) is 21.8. The van der Waals surface area contributed by atoms with E-state index in [1.165, 1.54) is 44.1 Å². The second-order valence-corrected chi connectivity index (χ2v) is 8.62. The second kappa shape index (κ2) is 14.5. The normalized spacial score (nSPS) is 13.5. The largest absolute Gasteiger partial charge is 0.465 e. The highest BCUT2D eigenvalue weighted by molar-refractivity contribution is 5.85. The van der Waals surface area contributed by atoms with Gasteiger partial charge in [0.2, 0.25) is 0 Å². The molecular weight excluding hydrogens is 406 g/mol. The molecule has 0 aliphatic carbocycles. The van der Waals surface area contributed by atoms with E-state index >= 15 is 0 Å². The van der Waals surface area contributed by atoms with Crippen LogP contribution in [0.15, 0.2) is 60.7 Å². The van der Waals surface area contributed by atoms with E-state index in [9.17, 15) is 0 Å². The standard InChI is InChI=1S/C27H41NO2.ClH/c1-6-7-8-9-10-17-22-28(27(4,5)25-18-13-11-14-19-25)23(2)29-24(3)30-26-20-15-12-16-21-26;/h11-16,18-21,23-24H,6-10,17,22H2,1-5H3;1H. The van der Waals surface area contributed by atoms with Gasteiger partial charge in [-0.1, -0.05) is 87.6 Å². The van der Waals surface area contributed by atoms with E-state index in [2.05, 4.69) is 62.9 Å². The summed E-state index contributed by atoms with van der Waals surface area (Å²) in [5, 5.41) is 0. The van der Waals surface area contributed by atoms with Gasteiger partial charge in [-0.15, -0.1) is 12.4 Å². The highest BCUT2D eigenvalue weighted by Crippen LogP contribution is 2.31. The van der Waals surface area contributed by atoms with E-state index in [1.54, 1.807) is 0 Å². The Kier molecular flexibility index (Phi) is 12.9. The van der Waals surface area contributed by atoms with Crippen LogP contribution < -0.4 is 4.74 Å². The minimum atomic E-state index is -0.318. The van der Waals surface area contributed by atoms with E-state index in [0.717, 1.165) is 12.3 Å². The first-order valence-electron chi connectivity index (χ1n) is 11.6. The fraction of sp³-hybridized carbons (Fsp3) is 0.556. The van der Waals surface area contributed by atoms with Crippen molar-refractivity contribution >= 4 is 12.4 Å². The van der Waals surface area contributed by atoms with Crippen molar-refractivity contribution in [3.8, 4) is 5.75 Å². The van der Waals surface area contributed by atoms with Crippen LogP contribution in [-0.2, 0) is 10.3 Å². The molecule has 0 saturated heterocycles. The molecule has 174 valence electrons. The molecule has 4 heteroatoms. The van der Waals surface area contributed by atoms with Crippen LogP contribution in [0, 0.1) is 0 Å². The van der Waals surface area contributed by atoms with Crippen LogP contribution in [0.3, 0.4) is 0 Å². The fourth-order valence-electron chi connectivity index (χ4n) is 4.06. The van der Waals surface area contributed by atoms with Gasteiger partial charge in [0.15, 0.2) is 6.29 Å². The van der Waals surface area contributed by atoms with Crippen LogP contribution >= 0.6 is 12.4 Å². The molecule has 0 fully saturated rings. The van der Waals surface area contributed by atoms with Gasteiger partial charge in [-0.3, -0.25) is 4.90 Å². The number of benzene rings is 2. The van der Waals surface area contributed by atoms with Gasteiger partial charge in [-0.25, -0.2) is 0 Å². The first-order chi connectivity index (χ1) is 14.4. The van der Waals surface area contributed by atoms with Gasteiger partial charge < -0.3 is 9.47 Å². The predicted molar refractivity (Wildman–Crippen MR) is 134 cm³/mol. The Morgan fingerprint density at radius 2 is 1.35 bits per heavy atom. The van der Waals surface area contributed by atoms with Crippen molar-refractivity contribution in [2.75, 3.05) is 6.54 Å². The number of hydrogen-bond donors (Lipinski definition) is 0. The number of nitrogens with zero attached hydrogens (tertiary/aromatic N) is 1. The highest BCUT2D eigenvalue weighted by Gasteiger charge is 2.33. The van der Waals surface area contributed by atoms with Gasteiger partial charge in [0.1, 0.15) is 12.0 Å². The summed E-state index contributed by atoms with van der Waals surface area (Å²) in [6, 6.07) is 20.6. The molecule has 3 nitrogen and oxygen atoms in total. The number of unbranched alkanes of at least 4 members (excludes halogenated alkanes) is 5. The molecule has 0 aromatic heterocycles. The Labute approximate surface area is 196 Å². The van der Waals surface area contributed by atoms with E-state index in [-0.39, 0.29) is 30.5 Å². The minimum Gasteiger partial charge on any atom is -0.465 e. The summed E-state index contributed by atoms with van der Waals surface area (Å²) in [4.78, 5) is 2.48. The summed E-state index contributed by atoms with van der Waals surface area (Å²) < 4.78 is 12.3. The van der Waals surface area contributed by atoms with Crippen LogP contribution in [-0.4, -0.2) is 24.0 Å². The third-order valence-electron chi connectivity index (χ3n) is 5.82. The molecule has 0 aliphatic heterocycles. The number of ether oxygens (including phenoxy) is 2. The molecule has 0 amide bonds. The van der Waals surface area contributed by atoms with Gasteiger partial charge in [-0.05, 0) is 51.8 Å². The Morgan fingerprint density at radius 1 is 0.806 bits per heavy atom. The van der Waals surface area contributed by atoms with Gasteiger partial charge in [0.05, 0.1) is 0 Å². The number of rotatable bonds is 14. The summed E-state index contributed by atoms with van der Waals surface area (Å²) >= 11 is 0. The van der Waals surface area contributed by atoms with Crippen molar-refractivity contribution in [3.63, 3.8) is 0 Å². The molecule has 0 N–H and O–H groups in total. The lowest BCUT2D eigenvalue weighted by molar-refractivity contribution is -0.175. The second-order valence-electron chi connectivity index (χ2n) is 8.62. The molecule has 0 radical (unpaired) electrons. The summed E-state index contributed by atoms with van der Waals surface area (Å²) in [6.45, 7) is 12.0. The molecule has 0 spiro atoms. The van der Waals surface area contributed by atoms with Gasteiger partial charge in [-0.2, -0.15) is 0 Å². The number of para-hydroxylation sites is 1. The van der Waals surface area contributed by atoms with Gasteiger partial charge in [0.25, 0.3) is 0 Å². The van der Waals surface area contributed by atoms with Gasteiger partial charge in [0, 0.05) is 12.1 Å². The molecule has 2 rings (SSSR count). The number of hydrogen-bond acceptors (Lipinski definition) is 3. The van der Waals surface area contributed by atoms with Crippen LogP contribution in [0.4, 0.5) is 0 Å². The van der Waals surface area contributed by atoms with Crippen molar-refractivity contribution in [1.82, 2.24) is 4.90 Å². The lowest BCUT2D eigenvalue weighted by Crippen LogP contribution is -2.49. The van der Waals surface area contributed by atoms with Crippen molar-refractivity contribution in [2.45, 2.75) is 91.2 Å². The van der Waals surface area contributed by atoms with E-state index < -0.39 is 0 Å². The van der Waals surface area contributed by atoms with Gasteiger partial charge >= 0.3 is 0 Å². The molecule has 0 heterocycles. The molecule has 31 heavy (non-hydrogen) atoms. The molecule has 2 aromatic carbocycles. The first kappa shape index (κ1) is 27.5. The van der Waals surface area contributed by atoms with Crippen LogP contribution in [0.25, 0.3) is 0 Å². The summed E-state index contributed by atoms with van der Waals surface area (Å²) in [6.07, 6.45) is 7.36. The summed E-state index contributed by atoms with van der Waals surface area (Å²) in [7, 11) is 0. The molecule has 0 bridgehead atoms. The highest BCUT2D eigenvalue weighted by atomic mass is 35.5. The van der Waals surface area contributed by atoms with Crippen molar-refractivity contribution in [1.29, 1.82) is 0 Å². The van der Waals surface area contributed by atoms with E-state index in [4.69, 9.17) is 9.47 Å². The fourth-order valence-corrected chi connectivity index (χ4v) is 4.06. The smallest absolute Gasteiger partial charge is 0.198 e. The Hall–Kier alpha value is -1.55. The zero-order valence-corrected chi connectivity index (χ0v) is 20.9. The maximum atomic E-state index is 6.32. The monoisotopic (exact) mass is 447 g/mol. The van der Waals surface area contributed by atoms with E-state index in [1.807, 2.05) is 37.3 Å². The summed E-state index contributed by atoms with van der Waals surface area (Å²) in [5.41, 5.74) is 1.18. The molecule has 0 aliphatic rings. The number of halogens is 1. The van der Waals surface area contributed by atoms with Crippen molar-refractivity contribution < 1.29 is 9.47 Å². The Bertz CT molecular complexity index is 693. The van der Waals surface area contributed by atoms with Crippen LogP contribution in [0.5, 0.6) is 5.75 Å². The Balaban J connectivity index is 0.00000480. The SMILES string of the molecule is CCCCCCCCN(C(C)OC(C)Oc1ccccc1)C(C)(C)c1ccccc1.Cl. The maximum absolute atomic E-state index is 6.32. The lowest BCUT2D eigenvalue weighted by atomic mass is 9.91. The van der Waals surface area contributed by atoms with E-state index in [0.29, 0.717) is 0 Å². The molecule has 2 atom stereocenters. The zero-order valence-electron chi connectivity index (χ0n) is 20.0. The van der Waals surface area contributed by atoms with Crippen molar-refractivity contribution in [3.05, 3.63) is 66.2 Å². The molecular formula is C27H42ClNO2. The third kappa shape index (κ3) is 9.22. The molecule has 2 unspecified atom stereocenters. The molecule has 2 aromatic rings. The first-order valence-corrected chi connectivity index (χ1v) is 11.6. The predicted octanol–water partition coefficient (Wildman–Crippen LogP) is 7.79. The quantitative estimate of drug-likeness (QED) is 0.218.